The number of hydrogen-bond donors (Lipinski definition) is 5. The number of rotatable bonds is 9. The van der Waals surface area contributed by atoms with Gasteiger partial charge in [-0.2, -0.15) is 8.42 Å². The van der Waals surface area contributed by atoms with Gasteiger partial charge in [0, 0.05) is 12.5 Å². The van der Waals surface area contributed by atoms with E-state index >= 15 is 0 Å². The van der Waals surface area contributed by atoms with Crippen LogP contribution in [0.2, 0.25) is 0 Å². The fourth-order valence-electron chi connectivity index (χ4n) is 9.47. The molecule has 36 heavy (non-hydrogen) atoms. The predicted octanol–water partition coefficient (Wildman–Crippen LogP) is 3.18. The molecule has 4 aliphatic carbocycles. The van der Waals surface area contributed by atoms with Gasteiger partial charge in [0.25, 0.3) is 0 Å². The minimum atomic E-state index is -4.51. The van der Waals surface area contributed by atoms with E-state index < -0.39 is 16.5 Å². The molecule has 4 aliphatic rings. The van der Waals surface area contributed by atoms with Crippen molar-refractivity contribution in [2.24, 2.45) is 52.3 Å². The Kier molecular flexibility index (Phi) is 8.53. The Morgan fingerprint density at radius 1 is 1.00 bits per heavy atom. The molecule has 4 fully saturated rings. The van der Waals surface area contributed by atoms with E-state index in [1.807, 2.05) is 0 Å². The monoisotopic (exact) mass is 532 g/mol. The second-order valence-electron chi connectivity index (χ2n) is 13.2. The second kappa shape index (κ2) is 10.7. The smallest absolute Gasteiger partial charge is 0.396 e. The molecule has 9 heteroatoms. The van der Waals surface area contributed by atoms with Gasteiger partial charge < -0.3 is 20.4 Å². The molecule has 5 unspecified atom stereocenters. The van der Waals surface area contributed by atoms with Crippen molar-refractivity contribution in [2.45, 2.75) is 103 Å². The fourth-order valence-corrected chi connectivity index (χ4v) is 9.84. The first-order chi connectivity index (χ1) is 16.8. The van der Waals surface area contributed by atoms with Crippen molar-refractivity contribution in [3.63, 3.8) is 0 Å². The number of fused-ring (bicyclic) bond motifs is 5. The van der Waals surface area contributed by atoms with Crippen LogP contribution in [-0.2, 0) is 14.6 Å². The normalized spacial score (nSPS) is 46.4. The summed E-state index contributed by atoms with van der Waals surface area (Å²) >= 11 is 0. The average molecular weight is 533 g/mol. The molecule has 0 amide bonds. The van der Waals surface area contributed by atoms with Gasteiger partial charge in [-0.25, -0.2) is 4.18 Å². The van der Waals surface area contributed by atoms with Crippen LogP contribution in [0.5, 0.6) is 0 Å². The third kappa shape index (κ3) is 5.27. The van der Waals surface area contributed by atoms with Crippen molar-refractivity contribution >= 4 is 10.4 Å². The average Bonchev–Trinajstić information content (AvgIpc) is 3.16. The first-order valence-electron chi connectivity index (χ1n) is 14.1. The summed E-state index contributed by atoms with van der Waals surface area (Å²) in [6, 6.07) is 0. The van der Waals surface area contributed by atoms with Gasteiger partial charge in [-0.15, -0.1) is 0 Å². The molecule has 0 bridgehead atoms. The Morgan fingerprint density at radius 3 is 2.39 bits per heavy atom. The molecule has 0 radical (unpaired) electrons. The van der Waals surface area contributed by atoms with Gasteiger partial charge in [-0.3, -0.25) is 4.55 Å². The van der Waals surface area contributed by atoms with Crippen LogP contribution in [0.15, 0.2) is 0 Å². The Morgan fingerprint density at radius 2 is 1.72 bits per heavy atom. The maximum Gasteiger partial charge on any atom is 0.397 e. The minimum absolute atomic E-state index is 0.0680. The van der Waals surface area contributed by atoms with Gasteiger partial charge in [0.15, 0.2) is 0 Å². The first-order valence-corrected chi connectivity index (χ1v) is 15.4. The fraction of sp³-hybridized carbons (Fsp3) is 1.00. The second-order valence-corrected chi connectivity index (χ2v) is 14.3. The Bertz CT molecular complexity index is 866. The molecule has 4 saturated carbocycles. The van der Waals surface area contributed by atoms with Crippen molar-refractivity contribution < 1.29 is 37.6 Å². The molecular formula is C27H48O8S. The van der Waals surface area contributed by atoms with Crippen LogP contribution < -0.4 is 0 Å². The standard InChI is InChI=1S/C27H48O8S/c1-16(5-4-6-17(14-28)15-35-36(32,33)34)20-7-8-21-25-22(13-24(31)27(20,21)3)26(2)10-9-19(29)11-18(26)12-23(25)30/h16-25,28-31H,4-15H2,1-3H3,(H,32,33,34)/t16-,17?,18-,19-,20?,21?,22?,23-,24+,25?,26+,27-/m1/s1. The molecule has 0 aromatic rings. The zero-order valence-corrected chi connectivity index (χ0v) is 22.9. The van der Waals surface area contributed by atoms with Gasteiger partial charge >= 0.3 is 10.4 Å². The third-order valence-corrected chi connectivity index (χ3v) is 11.9. The van der Waals surface area contributed by atoms with E-state index in [1.54, 1.807) is 0 Å². The van der Waals surface area contributed by atoms with E-state index in [2.05, 4.69) is 25.0 Å². The van der Waals surface area contributed by atoms with E-state index in [9.17, 15) is 28.8 Å². The minimum Gasteiger partial charge on any atom is -0.396 e. The molecule has 4 rings (SSSR count). The van der Waals surface area contributed by atoms with Crippen molar-refractivity contribution in [3.05, 3.63) is 0 Å². The van der Waals surface area contributed by atoms with Crippen LogP contribution in [0.1, 0.15) is 85.0 Å². The van der Waals surface area contributed by atoms with Gasteiger partial charge in [0.05, 0.1) is 24.9 Å². The summed E-state index contributed by atoms with van der Waals surface area (Å²) in [5.41, 5.74) is -0.179. The lowest BCUT2D eigenvalue weighted by molar-refractivity contribution is -0.207. The van der Waals surface area contributed by atoms with Crippen LogP contribution in [0.4, 0.5) is 0 Å². The molecule has 5 N–H and O–H groups in total. The number of aliphatic hydroxyl groups excluding tert-OH is 4. The summed E-state index contributed by atoms with van der Waals surface area (Å²) in [5.74, 6) is 1.42. The van der Waals surface area contributed by atoms with Crippen molar-refractivity contribution in [3.8, 4) is 0 Å². The summed E-state index contributed by atoms with van der Waals surface area (Å²) in [4.78, 5) is 0. The van der Waals surface area contributed by atoms with Gasteiger partial charge in [0.1, 0.15) is 0 Å². The molecule has 0 spiro atoms. The largest absolute Gasteiger partial charge is 0.397 e. The molecule has 0 aliphatic heterocycles. The highest BCUT2D eigenvalue weighted by Crippen LogP contribution is 2.68. The Balaban J connectivity index is 1.42. The Hall–Kier alpha value is -0.290. The van der Waals surface area contributed by atoms with E-state index in [-0.39, 0.29) is 59.9 Å². The summed E-state index contributed by atoms with van der Waals surface area (Å²) < 4.78 is 34.9. The van der Waals surface area contributed by atoms with Crippen LogP contribution in [-0.4, -0.2) is 64.9 Å². The van der Waals surface area contributed by atoms with Gasteiger partial charge in [-0.1, -0.05) is 33.6 Å². The number of hydrogen-bond acceptors (Lipinski definition) is 7. The van der Waals surface area contributed by atoms with E-state index in [1.165, 1.54) is 0 Å². The summed E-state index contributed by atoms with van der Waals surface area (Å²) in [6.07, 6.45) is 7.30. The molecular weight excluding hydrogens is 484 g/mol. The zero-order chi connectivity index (χ0) is 26.5. The van der Waals surface area contributed by atoms with Crippen molar-refractivity contribution in [2.75, 3.05) is 13.2 Å². The highest BCUT2D eigenvalue weighted by atomic mass is 32.3. The predicted molar refractivity (Wildman–Crippen MR) is 135 cm³/mol. The molecule has 0 aromatic heterocycles. The molecule has 8 nitrogen and oxygen atoms in total. The highest BCUT2D eigenvalue weighted by Gasteiger charge is 2.65. The SMILES string of the molecule is C[C@H](CCCC(CO)COS(=O)(=O)O)C1CCC2C3C(C[C@H](O)[C@@]21C)[C@@]1(C)CC[C@@H](O)C[C@@H]1C[C@H]3O. The summed E-state index contributed by atoms with van der Waals surface area (Å²) in [5, 5.41) is 42.9. The molecule has 0 aromatic carbocycles. The van der Waals surface area contributed by atoms with Crippen LogP contribution in [0, 0.1) is 52.3 Å². The maximum absolute atomic E-state index is 11.7. The maximum atomic E-state index is 11.7. The van der Waals surface area contributed by atoms with Gasteiger partial charge in [-0.05, 0) is 97.7 Å². The Labute approximate surface area is 216 Å². The molecule has 12 atom stereocenters. The first kappa shape index (κ1) is 28.7. The van der Waals surface area contributed by atoms with Crippen LogP contribution in [0.25, 0.3) is 0 Å². The van der Waals surface area contributed by atoms with E-state index in [0.717, 1.165) is 57.8 Å². The zero-order valence-electron chi connectivity index (χ0n) is 22.1. The lowest BCUT2D eigenvalue weighted by Crippen LogP contribution is -2.62. The van der Waals surface area contributed by atoms with Crippen LogP contribution in [0.3, 0.4) is 0 Å². The lowest BCUT2D eigenvalue weighted by atomic mass is 9.43. The molecule has 0 saturated heterocycles. The van der Waals surface area contributed by atoms with E-state index in [0.29, 0.717) is 24.2 Å². The lowest BCUT2D eigenvalue weighted by Gasteiger charge is -2.63. The van der Waals surface area contributed by atoms with Gasteiger partial charge in [0.2, 0.25) is 0 Å². The topological polar surface area (TPSA) is 145 Å². The van der Waals surface area contributed by atoms with E-state index in [4.69, 9.17) is 4.55 Å². The summed E-state index contributed by atoms with van der Waals surface area (Å²) in [7, 11) is -4.51. The quantitative estimate of drug-likeness (QED) is 0.285. The number of aliphatic hydroxyl groups is 4. The highest BCUT2D eigenvalue weighted by molar-refractivity contribution is 7.80. The molecule has 210 valence electrons. The van der Waals surface area contributed by atoms with Crippen molar-refractivity contribution in [1.82, 2.24) is 0 Å². The van der Waals surface area contributed by atoms with Crippen LogP contribution >= 0.6 is 0 Å². The molecule has 0 heterocycles. The summed E-state index contributed by atoms with van der Waals surface area (Å²) in [6.45, 7) is 6.39. The third-order valence-electron chi connectivity index (χ3n) is 11.5. The van der Waals surface area contributed by atoms with Crippen molar-refractivity contribution in [1.29, 1.82) is 0 Å².